The molecular formula is C29H32N4O4. The van der Waals surface area contributed by atoms with Crippen LogP contribution in [-0.2, 0) is 9.59 Å². The molecule has 0 saturated carbocycles. The molecule has 8 heteroatoms. The summed E-state index contributed by atoms with van der Waals surface area (Å²) in [6, 6.07) is 24.4. The Hall–Kier alpha value is -4.27. The summed E-state index contributed by atoms with van der Waals surface area (Å²) in [6.07, 6.45) is 3.90. The smallest absolute Gasteiger partial charge is 0.268 e. The van der Waals surface area contributed by atoms with E-state index in [2.05, 4.69) is 16.0 Å². The number of hydrogen-bond donors (Lipinski definition) is 5. The normalized spacial score (nSPS) is 13.4. The summed E-state index contributed by atoms with van der Waals surface area (Å²) in [6.45, 7) is 3.53. The van der Waals surface area contributed by atoms with Gasteiger partial charge in [0.15, 0.2) is 0 Å². The molecule has 0 aromatic heterocycles. The molecule has 3 atom stereocenters. The molecule has 0 bridgehead atoms. The van der Waals surface area contributed by atoms with Crippen molar-refractivity contribution in [2.45, 2.75) is 32.0 Å². The quantitative estimate of drug-likeness (QED) is 0.157. The highest BCUT2D eigenvalue weighted by molar-refractivity contribution is 5.98. The van der Waals surface area contributed by atoms with Gasteiger partial charge in [-0.15, -0.1) is 0 Å². The summed E-state index contributed by atoms with van der Waals surface area (Å²) in [7, 11) is 0. The third-order valence-corrected chi connectivity index (χ3v) is 5.88. The van der Waals surface area contributed by atoms with Crippen molar-refractivity contribution in [1.29, 1.82) is 0 Å². The van der Waals surface area contributed by atoms with Crippen LogP contribution in [0.1, 0.15) is 46.9 Å². The van der Waals surface area contributed by atoms with Crippen molar-refractivity contribution in [3.8, 4) is 0 Å². The molecule has 3 rings (SSSR count). The number of hydroxylamine groups is 1. The second kappa shape index (κ2) is 13.7. The highest BCUT2D eigenvalue weighted by atomic mass is 16.5. The maximum absolute atomic E-state index is 12.8. The number of benzene rings is 3. The first-order valence-corrected chi connectivity index (χ1v) is 12.0. The predicted octanol–water partition coefficient (Wildman–Crippen LogP) is 3.32. The summed E-state index contributed by atoms with van der Waals surface area (Å²) >= 11 is 0. The Bertz CT molecular complexity index is 1200. The first kappa shape index (κ1) is 27.3. The van der Waals surface area contributed by atoms with Crippen LogP contribution in [0.25, 0.3) is 12.2 Å². The zero-order chi connectivity index (χ0) is 26.6. The minimum Gasteiger partial charge on any atom is -0.350 e. The van der Waals surface area contributed by atoms with Crippen molar-refractivity contribution in [2.75, 3.05) is 6.54 Å². The van der Waals surface area contributed by atoms with Crippen molar-refractivity contribution in [2.24, 2.45) is 0 Å². The van der Waals surface area contributed by atoms with Crippen LogP contribution in [0.5, 0.6) is 0 Å². The Labute approximate surface area is 216 Å². The van der Waals surface area contributed by atoms with Gasteiger partial charge in [0.05, 0.1) is 12.6 Å². The maximum Gasteiger partial charge on any atom is 0.268 e. The van der Waals surface area contributed by atoms with Crippen molar-refractivity contribution in [1.82, 2.24) is 21.4 Å². The Kier molecular flexibility index (Phi) is 10.1. The molecule has 0 spiro atoms. The number of rotatable bonds is 11. The number of amides is 3. The lowest BCUT2D eigenvalue weighted by atomic mass is 10.1. The maximum atomic E-state index is 12.8. The number of carbonyl (C=O) groups is 3. The zero-order valence-electron chi connectivity index (χ0n) is 20.8. The third-order valence-electron chi connectivity index (χ3n) is 5.88. The van der Waals surface area contributed by atoms with Crippen LogP contribution in [-0.4, -0.2) is 41.6 Å². The predicted molar refractivity (Wildman–Crippen MR) is 143 cm³/mol. The SMILES string of the molecule is C[C@@H](NCC(=O)N[C@H](C)[C@H](NC(=O)c1ccc(/C=C/c2ccccc2)cc1)C(=O)NO)c1ccccc1. The Balaban J connectivity index is 1.56. The molecule has 37 heavy (non-hydrogen) atoms. The van der Waals surface area contributed by atoms with E-state index in [0.717, 1.165) is 16.7 Å². The van der Waals surface area contributed by atoms with Crippen molar-refractivity contribution in [3.63, 3.8) is 0 Å². The van der Waals surface area contributed by atoms with Gasteiger partial charge in [0.1, 0.15) is 6.04 Å². The largest absolute Gasteiger partial charge is 0.350 e. The summed E-state index contributed by atoms with van der Waals surface area (Å²) in [5.41, 5.74) is 4.90. The molecule has 0 unspecified atom stereocenters. The number of carbonyl (C=O) groups excluding carboxylic acids is 3. The summed E-state index contributed by atoms with van der Waals surface area (Å²) < 4.78 is 0. The van der Waals surface area contributed by atoms with Gasteiger partial charge in [0.25, 0.3) is 11.8 Å². The van der Waals surface area contributed by atoms with E-state index in [1.165, 1.54) is 0 Å². The fourth-order valence-electron chi connectivity index (χ4n) is 3.71. The zero-order valence-corrected chi connectivity index (χ0v) is 20.8. The minimum atomic E-state index is -1.19. The molecule has 0 heterocycles. The van der Waals surface area contributed by atoms with Crippen LogP contribution in [0, 0.1) is 0 Å². The molecule has 0 radical (unpaired) electrons. The Morgan fingerprint density at radius 2 is 1.35 bits per heavy atom. The third kappa shape index (κ3) is 8.42. The number of nitrogens with one attached hydrogen (secondary N) is 4. The average molecular weight is 501 g/mol. The van der Waals surface area contributed by atoms with E-state index in [4.69, 9.17) is 0 Å². The van der Waals surface area contributed by atoms with Gasteiger partial charge in [-0.2, -0.15) is 0 Å². The van der Waals surface area contributed by atoms with Gasteiger partial charge < -0.3 is 16.0 Å². The molecule has 192 valence electrons. The molecule has 5 N–H and O–H groups in total. The van der Waals surface area contributed by atoms with Crippen LogP contribution in [0.15, 0.2) is 84.9 Å². The van der Waals surface area contributed by atoms with Crippen LogP contribution in [0.4, 0.5) is 0 Å². The Morgan fingerprint density at radius 1 is 0.784 bits per heavy atom. The van der Waals surface area contributed by atoms with Gasteiger partial charge in [-0.25, -0.2) is 5.48 Å². The monoisotopic (exact) mass is 500 g/mol. The van der Waals surface area contributed by atoms with Gasteiger partial charge in [-0.1, -0.05) is 84.9 Å². The molecule has 0 aliphatic heterocycles. The van der Waals surface area contributed by atoms with Gasteiger partial charge >= 0.3 is 0 Å². The van der Waals surface area contributed by atoms with E-state index in [0.29, 0.717) is 5.56 Å². The van der Waals surface area contributed by atoms with Crippen LogP contribution >= 0.6 is 0 Å². The van der Waals surface area contributed by atoms with E-state index >= 15 is 0 Å². The molecule has 3 aromatic carbocycles. The standard InChI is InChI=1S/C29H32N4O4/c1-20(24-11-7-4-8-12-24)30-19-26(34)31-21(2)27(29(36)33-37)32-28(35)25-17-15-23(16-18-25)14-13-22-9-5-3-6-10-22/h3-18,20-21,27,30,37H,19H2,1-2H3,(H,31,34)(H,32,35)(H,33,36)/b14-13+/t20-,21-,27+/m1/s1. The molecule has 0 saturated heterocycles. The number of hydrogen-bond acceptors (Lipinski definition) is 5. The van der Waals surface area contributed by atoms with Gasteiger partial charge in [-0.05, 0) is 42.7 Å². The average Bonchev–Trinajstić information content (AvgIpc) is 2.94. The fourth-order valence-corrected chi connectivity index (χ4v) is 3.71. The highest BCUT2D eigenvalue weighted by Crippen LogP contribution is 2.11. The molecular weight excluding hydrogens is 468 g/mol. The second-order valence-electron chi connectivity index (χ2n) is 8.66. The molecule has 3 amide bonds. The van der Waals surface area contributed by atoms with E-state index in [-0.39, 0.29) is 18.5 Å². The lowest BCUT2D eigenvalue weighted by Crippen LogP contribution is -2.58. The molecule has 3 aromatic rings. The topological polar surface area (TPSA) is 120 Å². The van der Waals surface area contributed by atoms with Crippen LogP contribution < -0.4 is 21.4 Å². The Morgan fingerprint density at radius 3 is 1.95 bits per heavy atom. The van der Waals surface area contributed by atoms with Gasteiger partial charge in [0, 0.05) is 11.6 Å². The van der Waals surface area contributed by atoms with Gasteiger partial charge in [0.2, 0.25) is 5.91 Å². The molecule has 0 fully saturated rings. The second-order valence-corrected chi connectivity index (χ2v) is 8.66. The molecule has 0 aliphatic rings. The van der Waals surface area contributed by atoms with E-state index in [1.54, 1.807) is 36.7 Å². The summed E-state index contributed by atoms with van der Waals surface area (Å²) in [5.74, 6) is -1.70. The van der Waals surface area contributed by atoms with E-state index in [1.807, 2.05) is 79.7 Å². The lowest BCUT2D eigenvalue weighted by Gasteiger charge is -2.24. The molecule has 0 aliphatic carbocycles. The van der Waals surface area contributed by atoms with Crippen molar-refractivity contribution >= 4 is 29.9 Å². The summed E-state index contributed by atoms with van der Waals surface area (Å²) in [4.78, 5) is 37.6. The first-order chi connectivity index (χ1) is 17.9. The molecule has 8 nitrogen and oxygen atoms in total. The van der Waals surface area contributed by atoms with E-state index < -0.39 is 23.9 Å². The van der Waals surface area contributed by atoms with Crippen LogP contribution in [0.3, 0.4) is 0 Å². The lowest BCUT2D eigenvalue weighted by molar-refractivity contribution is -0.132. The fraction of sp³-hybridized carbons (Fsp3) is 0.207. The van der Waals surface area contributed by atoms with Crippen molar-refractivity contribution < 1.29 is 19.6 Å². The first-order valence-electron chi connectivity index (χ1n) is 12.0. The van der Waals surface area contributed by atoms with Crippen molar-refractivity contribution in [3.05, 3.63) is 107 Å². The van der Waals surface area contributed by atoms with Crippen LogP contribution in [0.2, 0.25) is 0 Å². The van der Waals surface area contributed by atoms with Gasteiger partial charge in [-0.3, -0.25) is 19.6 Å². The van der Waals surface area contributed by atoms with E-state index in [9.17, 15) is 19.6 Å². The summed E-state index contributed by atoms with van der Waals surface area (Å²) in [5, 5.41) is 17.6. The highest BCUT2D eigenvalue weighted by Gasteiger charge is 2.28. The minimum absolute atomic E-state index is 0.0137.